The lowest BCUT2D eigenvalue weighted by atomic mass is 9.97. The van der Waals surface area contributed by atoms with Crippen LogP contribution in [0.5, 0.6) is 11.5 Å². The van der Waals surface area contributed by atoms with Crippen LogP contribution < -0.4 is 14.8 Å². The molecule has 106 valence electrons. The van der Waals surface area contributed by atoms with Gasteiger partial charge in [-0.2, -0.15) is 0 Å². The highest BCUT2D eigenvalue weighted by atomic mass is 19.1. The van der Waals surface area contributed by atoms with Crippen LogP contribution in [0, 0.1) is 5.82 Å². The Morgan fingerprint density at radius 2 is 1.75 bits per heavy atom. The molecule has 2 rings (SSSR count). The number of methoxy groups -OCH3 is 2. The van der Waals surface area contributed by atoms with Gasteiger partial charge in [-0.05, 0) is 25.2 Å². The number of benzene rings is 2. The predicted octanol–water partition coefficient (Wildman–Crippen LogP) is 3.15. The minimum absolute atomic E-state index is 0.246. The summed E-state index contributed by atoms with van der Waals surface area (Å²) in [5.74, 6) is 1.12. The summed E-state index contributed by atoms with van der Waals surface area (Å²) in [6.45, 7) is 0. The summed E-state index contributed by atoms with van der Waals surface area (Å²) >= 11 is 0. The van der Waals surface area contributed by atoms with Crippen LogP contribution >= 0.6 is 0 Å². The van der Waals surface area contributed by atoms with Crippen molar-refractivity contribution in [1.82, 2.24) is 5.32 Å². The van der Waals surface area contributed by atoms with Crippen LogP contribution in [-0.2, 0) is 0 Å². The third-order valence-corrected chi connectivity index (χ3v) is 3.26. The zero-order valence-corrected chi connectivity index (χ0v) is 11.8. The summed E-state index contributed by atoms with van der Waals surface area (Å²) in [5.41, 5.74) is 1.44. The third kappa shape index (κ3) is 2.75. The number of rotatable bonds is 5. The van der Waals surface area contributed by atoms with E-state index in [1.165, 1.54) is 6.07 Å². The highest BCUT2D eigenvalue weighted by Gasteiger charge is 2.19. The zero-order valence-electron chi connectivity index (χ0n) is 11.8. The normalized spacial score (nSPS) is 12.0. The second-order valence-electron chi connectivity index (χ2n) is 4.35. The van der Waals surface area contributed by atoms with E-state index in [9.17, 15) is 4.39 Å². The Balaban J connectivity index is 2.49. The fraction of sp³-hybridized carbons (Fsp3) is 0.250. The van der Waals surface area contributed by atoms with Crippen molar-refractivity contribution in [3.8, 4) is 11.5 Å². The van der Waals surface area contributed by atoms with E-state index in [0.717, 1.165) is 5.56 Å². The second-order valence-corrected chi connectivity index (χ2v) is 4.35. The molecule has 0 bridgehead atoms. The van der Waals surface area contributed by atoms with E-state index in [4.69, 9.17) is 9.47 Å². The second kappa shape index (κ2) is 6.39. The van der Waals surface area contributed by atoms with Gasteiger partial charge in [0.05, 0.1) is 20.3 Å². The number of nitrogens with one attached hydrogen (secondary N) is 1. The smallest absolute Gasteiger partial charge is 0.128 e. The van der Waals surface area contributed by atoms with Gasteiger partial charge >= 0.3 is 0 Å². The summed E-state index contributed by atoms with van der Waals surface area (Å²) in [4.78, 5) is 0. The Bertz CT molecular complexity index is 586. The van der Waals surface area contributed by atoms with Crippen LogP contribution in [0.4, 0.5) is 4.39 Å². The standard InChI is InChI=1S/C16H18FNO2/c1-18-16(12-6-4-5-7-14(12)17)13-9-8-11(19-2)10-15(13)20-3/h4-10,16,18H,1-3H3. The Morgan fingerprint density at radius 1 is 1.00 bits per heavy atom. The molecule has 0 saturated carbocycles. The Hall–Kier alpha value is -2.07. The maximum Gasteiger partial charge on any atom is 0.128 e. The average Bonchev–Trinajstić information content (AvgIpc) is 2.50. The fourth-order valence-corrected chi connectivity index (χ4v) is 2.24. The van der Waals surface area contributed by atoms with Crippen molar-refractivity contribution in [3.63, 3.8) is 0 Å². The molecule has 2 aromatic carbocycles. The van der Waals surface area contributed by atoms with E-state index in [0.29, 0.717) is 17.1 Å². The van der Waals surface area contributed by atoms with Gasteiger partial charge < -0.3 is 14.8 Å². The van der Waals surface area contributed by atoms with Crippen molar-refractivity contribution in [3.05, 3.63) is 59.4 Å². The molecule has 0 saturated heterocycles. The number of hydrogen-bond donors (Lipinski definition) is 1. The first kappa shape index (κ1) is 14.3. The van der Waals surface area contributed by atoms with Crippen LogP contribution in [0.3, 0.4) is 0 Å². The molecule has 1 N–H and O–H groups in total. The van der Waals surface area contributed by atoms with E-state index in [-0.39, 0.29) is 11.9 Å². The van der Waals surface area contributed by atoms with Crippen LogP contribution in [0.25, 0.3) is 0 Å². The predicted molar refractivity (Wildman–Crippen MR) is 76.8 cm³/mol. The highest BCUT2D eigenvalue weighted by molar-refractivity contribution is 5.46. The third-order valence-electron chi connectivity index (χ3n) is 3.26. The molecule has 0 aliphatic carbocycles. The first-order valence-corrected chi connectivity index (χ1v) is 6.35. The SMILES string of the molecule is CNC(c1ccccc1F)c1ccc(OC)cc1OC. The molecule has 0 spiro atoms. The maximum atomic E-state index is 14.0. The van der Waals surface area contributed by atoms with Crippen LogP contribution in [0.15, 0.2) is 42.5 Å². The van der Waals surface area contributed by atoms with Gasteiger partial charge in [-0.15, -0.1) is 0 Å². The molecular formula is C16H18FNO2. The van der Waals surface area contributed by atoms with Crippen molar-refractivity contribution >= 4 is 0 Å². The lowest BCUT2D eigenvalue weighted by Crippen LogP contribution is -2.19. The van der Waals surface area contributed by atoms with E-state index < -0.39 is 0 Å². The topological polar surface area (TPSA) is 30.5 Å². The number of halogens is 1. The summed E-state index contributed by atoms with van der Waals surface area (Å²) in [7, 11) is 4.98. The molecule has 0 aromatic heterocycles. The molecule has 0 radical (unpaired) electrons. The highest BCUT2D eigenvalue weighted by Crippen LogP contribution is 2.33. The molecule has 1 atom stereocenters. The van der Waals surface area contributed by atoms with Crippen LogP contribution in [-0.4, -0.2) is 21.3 Å². The Kier molecular flexibility index (Phi) is 4.58. The van der Waals surface area contributed by atoms with Crippen LogP contribution in [0.2, 0.25) is 0 Å². The maximum absolute atomic E-state index is 14.0. The summed E-state index contributed by atoms with van der Waals surface area (Å²) in [6.07, 6.45) is 0. The van der Waals surface area contributed by atoms with Gasteiger partial charge in [-0.1, -0.05) is 18.2 Å². The Labute approximate surface area is 118 Å². The number of hydrogen-bond acceptors (Lipinski definition) is 3. The molecule has 0 fully saturated rings. The van der Waals surface area contributed by atoms with E-state index in [1.807, 2.05) is 18.2 Å². The molecule has 2 aromatic rings. The molecular weight excluding hydrogens is 257 g/mol. The first-order valence-electron chi connectivity index (χ1n) is 6.35. The van der Waals surface area contributed by atoms with Gasteiger partial charge in [0.25, 0.3) is 0 Å². The van der Waals surface area contributed by atoms with Crippen LogP contribution in [0.1, 0.15) is 17.2 Å². The molecule has 0 aliphatic rings. The van der Waals surface area contributed by atoms with Gasteiger partial charge in [0.1, 0.15) is 17.3 Å². The van der Waals surface area contributed by atoms with Crippen molar-refractivity contribution in [2.24, 2.45) is 0 Å². The monoisotopic (exact) mass is 275 g/mol. The molecule has 4 heteroatoms. The van der Waals surface area contributed by atoms with E-state index in [2.05, 4.69) is 5.32 Å². The number of ether oxygens (including phenoxy) is 2. The molecule has 3 nitrogen and oxygen atoms in total. The summed E-state index contributed by atoms with van der Waals surface area (Å²) < 4.78 is 24.6. The first-order chi connectivity index (χ1) is 9.71. The van der Waals surface area contributed by atoms with Gasteiger partial charge in [-0.3, -0.25) is 0 Å². The van der Waals surface area contributed by atoms with Gasteiger partial charge in [0.15, 0.2) is 0 Å². The lowest BCUT2D eigenvalue weighted by Gasteiger charge is -2.20. The zero-order chi connectivity index (χ0) is 14.5. The molecule has 1 unspecified atom stereocenters. The molecule has 0 aliphatic heterocycles. The minimum atomic E-state index is -0.281. The van der Waals surface area contributed by atoms with E-state index in [1.54, 1.807) is 39.5 Å². The van der Waals surface area contributed by atoms with Gasteiger partial charge in [0, 0.05) is 17.2 Å². The molecule has 20 heavy (non-hydrogen) atoms. The molecule has 0 heterocycles. The fourth-order valence-electron chi connectivity index (χ4n) is 2.24. The lowest BCUT2D eigenvalue weighted by molar-refractivity contribution is 0.388. The van der Waals surface area contributed by atoms with Crippen molar-refractivity contribution in [2.45, 2.75) is 6.04 Å². The molecule has 0 amide bonds. The van der Waals surface area contributed by atoms with E-state index >= 15 is 0 Å². The summed E-state index contributed by atoms with van der Waals surface area (Å²) in [6, 6.07) is 11.9. The van der Waals surface area contributed by atoms with Crippen molar-refractivity contribution < 1.29 is 13.9 Å². The van der Waals surface area contributed by atoms with Gasteiger partial charge in [-0.25, -0.2) is 4.39 Å². The Morgan fingerprint density at radius 3 is 2.35 bits per heavy atom. The van der Waals surface area contributed by atoms with Crippen molar-refractivity contribution in [2.75, 3.05) is 21.3 Å². The van der Waals surface area contributed by atoms with Crippen molar-refractivity contribution in [1.29, 1.82) is 0 Å². The minimum Gasteiger partial charge on any atom is -0.497 e. The largest absolute Gasteiger partial charge is 0.497 e. The quantitative estimate of drug-likeness (QED) is 0.909. The summed E-state index contributed by atoms with van der Waals surface area (Å²) in [5, 5.41) is 3.13. The average molecular weight is 275 g/mol. The van der Waals surface area contributed by atoms with Gasteiger partial charge in [0.2, 0.25) is 0 Å².